The molecule has 0 aromatic rings. The summed E-state index contributed by atoms with van der Waals surface area (Å²) in [5.41, 5.74) is 1.75. The van der Waals surface area contributed by atoms with Crippen LogP contribution in [0, 0.1) is 40.4 Å². The van der Waals surface area contributed by atoms with Gasteiger partial charge in [-0.1, -0.05) is 32.4 Å². The van der Waals surface area contributed by atoms with Crippen LogP contribution in [0.3, 0.4) is 0 Å². The number of aldehydes is 1. The molecule has 0 unspecified atom stereocenters. The van der Waals surface area contributed by atoms with Gasteiger partial charge >= 0.3 is 0 Å². The second-order valence-corrected chi connectivity index (χ2v) is 12.1. The minimum atomic E-state index is -0.116. The molecule has 0 aliphatic heterocycles. The van der Waals surface area contributed by atoms with Gasteiger partial charge in [-0.15, -0.1) is 0 Å². The van der Waals surface area contributed by atoms with Gasteiger partial charge in [0.2, 0.25) is 0 Å². The number of hydrogen-bond donors (Lipinski definition) is 0. The molecule has 0 saturated heterocycles. The Hall–Kier alpha value is -0.830. The fourth-order valence-electron chi connectivity index (χ4n) is 8.73. The maximum absolute atomic E-state index is 11.4. The van der Waals surface area contributed by atoms with Crippen molar-refractivity contribution in [1.29, 1.82) is 0 Å². The summed E-state index contributed by atoms with van der Waals surface area (Å²) in [5, 5.41) is 0. The van der Waals surface area contributed by atoms with E-state index in [1.165, 1.54) is 18.4 Å². The normalized spacial score (nSPS) is 42.7. The number of rotatable bonds is 12. The lowest BCUT2D eigenvalue weighted by atomic mass is 9.44. The summed E-state index contributed by atoms with van der Waals surface area (Å²) in [7, 11) is 5.04. The van der Waals surface area contributed by atoms with Gasteiger partial charge in [0.15, 0.2) is 0 Å². The molecule has 0 aromatic heterocycles. The van der Waals surface area contributed by atoms with Gasteiger partial charge in [0.1, 0.15) is 26.7 Å². The fraction of sp³-hybridized carbons (Fsp3) is 0.897. The van der Waals surface area contributed by atoms with Crippen molar-refractivity contribution in [2.45, 2.75) is 84.0 Å². The molecule has 0 spiro atoms. The molecule has 3 saturated carbocycles. The molecule has 0 amide bonds. The fourth-order valence-corrected chi connectivity index (χ4v) is 8.73. The molecule has 0 bridgehead atoms. The second-order valence-electron chi connectivity index (χ2n) is 12.1. The van der Waals surface area contributed by atoms with E-state index < -0.39 is 0 Å². The summed E-state index contributed by atoms with van der Waals surface area (Å²) < 4.78 is 35.2. The molecular formula is C29H48O7. The van der Waals surface area contributed by atoms with Gasteiger partial charge in [-0.3, -0.25) is 0 Å². The molecule has 0 radical (unpaired) electrons. The molecule has 206 valence electrons. The predicted octanol–water partition coefficient (Wildman–Crippen LogP) is 4.98. The molecular weight excluding hydrogens is 460 g/mol. The minimum absolute atomic E-state index is 0.0893. The molecule has 0 N–H and O–H groups in total. The van der Waals surface area contributed by atoms with Crippen molar-refractivity contribution >= 4 is 6.29 Å². The van der Waals surface area contributed by atoms with Crippen LogP contribution in [0.2, 0.25) is 0 Å². The van der Waals surface area contributed by atoms with Crippen molar-refractivity contribution in [3.05, 3.63) is 11.6 Å². The van der Waals surface area contributed by atoms with Gasteiger partial charge in [0, 0.05) is 33.7 Å². The molecule has 0 aromatic carbocycles. The van der Waals surface area contributed by atoms with Gasteiger partial charge in [-0.25, -0.2) is 0 Å². The number of carbonyl (C=O) groups excluding carboxylic acids is 1. The third kappa shape index (κ3) is 4.96. The van der Waals surface area contributed by atoms with E-state index in [4.69, 9.17) is 28.4 Å². The van der Waals surface area contributed by atoms with Crippen LogP contribution in [0.5, 0.6) is 0 Å². The average Bonchev–Trinajstić information content (AvgIpc) is 3.22. The SMILES string of the molecule is COCO[C@@H]1CC[C@@]2(C)[C@H](C1)[C@@H](OCOC)[C@H](OCOC)[C@H]1C3=CC[C@H]([C@H](C)CC=O)[C@@]3(C)CC[C@@H]12. The topological polar surface area (TPSA) is 72.5 Å². The van der Waals surface area contributed by atoms with Gasteiger partial charge in [0.05, 0.1) is 18.3 Å². The average molecular weight is 509 g/mol. The molecule has 7 heteroatoms. The smallest absolute Gasteiger partial charge is 0.146 e. The van der Waals surface area contributed by atoms with E-state index in [2.05, 4.69) is 26.8 Å². The summed E-state index contributed by atoms with van der Waals surface area (Å²) in [6.07, 6.45) is 10.6. The summed E-state index contributed by atoms with van der Waals surface area (Å²) in [6.45, 7) is 7.97. The van der Waals surface area contributed by atoms with E-state index >= 15 is 0 Å². The number of ether oxygens (including phenoxy) is 6. The number of carbonyl (C=O) groups is 1. The van der Waals surface area contributed by atoms with Gasteiger partial charge in [-0.05, 0) is 73.0 Å². The molecule has 36 heavy (non-hydrogen) atoms. The zero-order valence-electron chi connectivity index (χ0n) is 23.2. The highest BCUT2D eigenvalue weighted by Crippen LogP contribution is 2.67. The highest BCUT2D eigenvalue weighted by molar-refractivity contribution is 5.50. The Morgan fingerprint density at radius 2 is 1.61 bits per heavy atom. The predicted molar refractivity (Wildman–Crippen MR) is 136 cm³/mol. The van der Waals surface area contributed by atoms with Crippen LogP contribution in [-0.4, -0.2) is 66.3 Å². The van der Waals surface area contributed by atoms with Crippen LogP contribution in [0.25, 0.3) is 0 Å². The minimum Gasteiger partial charge on any atom is -0.359 e. The maximum Gasteiger partial charge on any atom is 0.146 e. The monoisotopic (exact) mass is 508 g/mol. The highest BCUT2D eigenvalue weighted by Gasteiger charge is 2.64. The Bertz CT molecular complexity index is 771. The Morgan fingerprint density at radius 1 is 0.944 bits per heavy atom. The van der Waals surface area contributed by atoms with Crippen molar-refractivity contribution in [1.82, 2.24) is 0 Å². The van der Waals surface area contributed by atoms with E-state index in [9.17, 15) is 4.79 Å². The van der Waals surface area contributed by atoms with E-state index in [1.807, 2.05) is 0 Å². The number of fused-ring (bicyclic) bond motifs is 5. The molecule has 0 heterocycles. The quantitative estimate of drug-likeness (QED) is 0.209. The number of methoxy groups -OCH3 is 3. The highest BCUT2D eigenvalue weighted by atomic mass is 16.7. The van der Waals surface area contributed by atoms with Crippen LogP contribution in [-0.2, 0) is 33.2 Å². The summed E-state index contributed by atoms with van der Waals surface area (Å²) >= 11 is 0. The molecule has 3 fully saturated rings. The zero-order valence-corrected chi connectivity index (χ0v) is 23.2. The molecule has 10 atom stereocenters. The summed E-state index contributed by atoms with van der Waals surface area (Å²) in [4.78, 5) is 11.4. The van der Waals surface area contributed by atoms with Crippen LogP contribution < -0.4 is 0 Å². The molecule has 7 nitrogen and oxygen atoms in total. The van der Waals surface area contributed by atoms with E-state index in [0.29, 0.717) is 36.9 Å². The Balaban J connectivity index is 1.71. The summed E-state index contributed by atoms with van der Waals surface area (Å²) in [6, 6.07) is 0. The largest absolute Gasteiger partial charge is 0.359 e. The molecule has 4 rings (SSSR count). The lowest BCUT2D eigenvalue weighted by Gasteiger charge is -2.63. The number of hydrogen-bond acceptors (Lipinski definition) is 7. The van der Waals surface area contributed by atoms with E-state index in [-0.39, 0.29) is 48.6 Å². The maximum atomic E-state index is 11.4. The van der Waals surface area contributed by atoms with Gasteiger partial charge in [-0.2, -0.15) is 0 Å². The van der Waals surface area contributed by atoms with Gasteiger partial charge < -0.3 is 33.2 Å². The second kappa shape index (κ2) is 11.9. The molecule has 4 aliphatic rings. The van der Waals surface area contributed by atoms with E-state index in [1.54, 1.807) is 21.3 Å². The lowest BCUT2D eigenvalue weighted by molar-refractivity contribution is -0.257. The first-order valence-corrected chi connectivity index (χ1v) is 13.8. The zero-order chi connectivity index (χ0) is 25.9. The molecule has 4 aliphatic carbocycles. The van der Waals surface area contributed by atoms with Crippen LogP contribution in [0.15, 0.2) is 11.6 Å². The van der Waals surface area contributed by atoms with Crippen molar-refractivity contribution in [3.8, 4) is 0 Å². The third-order valence-electron chi connectivity index (χ3n) is 10.5. The first-order chi connectivity index (χ1) is 17.4. The van der Waals surface area contributed by atoms with Crippen molar-refractivity contribution in [3.63, 3.8) is 0 Å². The Labute approximate surface area is 217 Å². The van der Waals surface area contributed by atoms with Crippen LogP contribution in [0.1, 0.15) is 65.7 Å². The van der Waals surface area contributed by atoms with Crippen molar-refractivity contribution < 1.29 is 33.2 Å². The third-order valence-corrected chi connectivity index (χ3v) is 10.5. The van der Waals surface area contributed by atoms with Crippen LogP contribution in [0.4, 0.5) is 0 Å². The summed E-state index contributed by atoms with van der Waals surface area (Å²) in [5.74, 6) is 1.93. The Kier molecular flexibility index (Phi) is 9.33. The first kappa shape index (κ1) is 28.2. The number of allylic oxidation sites excluding steroid dienone is 1. The lowest BCUT2D eigenvalue weighted by Crippen LogP contribution is -2.64. The standard InChI is InChI=1S/C29H48O7/c1-19(11-14-30)21-7-8-22-25-23(10-13-28(21,22)2)29(3)12-9-20(34-16-31-4)15-24(29)26(35-17-32-5)27(25)36-18-33-6/h8,14,19-21,23-27H,7,9-13,15-18H2,1-6H3/t19-,20-,21-,23+,24-,25+,26-,27-,28-,29-/m1/s1. The first-order valence-electron chi connectivity index (χ1n) is 13.8. The van der Waals surface area contributed by atoms with Crippen LogP contribution >= 0.6 is 0 Å². The van der Waals surface area contributed by atoms with Crippen molar-refractivity contribution in [2.75, 3.05) is 41.7 Å². The van der Waals surface area contributed by atoms with Crippen molar-refractivity contribution in [2.24, 2.45) is 40.4 Å². The van der Waals surface area contributed by atoms with E-state index in [0.717, 1.165) is 32.0 Å². The Morgan fingerprint density at radius 3 is 2.28 bits per heavy atom. The van der Waals surface area contributed by atoms with Gasteiger partial charge in [0.25, 0.3) is 0 Å².